The third-order valence-corrected chi connectivity index (χ3v) is 7.35. The normalized spacial score (nSPS) is 11.5. The SMILES string of the molecule is CCc1nc2ccccc2n1-c1c2ccccc2c(-c2ccccc2-c2ccccc2)c2ccccc12. The van der Waals surface area contributed by atoms with Gasteiger partial charge >= 0.3 is 0 Å². The molecule has 7 rings (SSSR count). The highest BCUT2D eigenvalue weighted by atomic mass is 15.1. The van der Waals surface area contributed by atoms with Crippen LogP contribution in [0.3, 0.4) is 0 Å². The van der Waals surface area contributed by atoms with Gasteiger partial charge in [-0.25, -0.2) is 4.98 Å². The summed E-state index contributed by atoms with van der Waals surface area (Å²) in [6.45, 7) is 2.19. The third kappa shape index (κ3) is 3.37. The van der Waals surface area contributed by atoms with Gasteiger partial charge in [-0.2, -0.15) is 0 Å². The van der Waals surface area contributed by atoms with E-state index in [9.17, 15) is 0 Å². The Labute approximate surface area is 216 Å². The van der Waals surface area contributed by atoms with Crippen LogP contribution in [0.2, 0.25) is 0 Å². The van der Waals surface area contributed by atoms with Crippen LogP contribution in [-0.4, -0.2) is 9.55 Å². The third-order valence-electron chi connectivity index (χ3n) is 7.35. The number of fused-ring (bicyclic) bond motifs is 3. The summed E-state index contributed by atoms with van der Waals surface area (Å²) in [6, 6.07) is 45.6. The predicted molar refractivity (Wildman–Crippen MR) is 156 cm³/mol. The molecule has 0 aliphatic carbocycles. The van der Waals surface area contributed by atoms with E-state index < -0.39 is 0 Å². The lowest BCUT2D eigenvalue weighted by Crippen LogP contribution is -2.03. The molecule has 37 heavy (non-hydrogen) atoms. The van der Waals surface area contributed by atoms with Gasteiger partial charge in [-0.05, 0) is 45.2 Å². The summed E-state index contributed by atoms with van der Waals surface area (Å²) < 4.78 is 2.38. The molecule has 0 aliphatic rings. The quantitative estimate of drug-likeness (QED) is 0.232. The van der Waals surface area contributed by atoms with Gasteiger partial charge in [0.1, 0.15) is 5.82 Å². The average Bonchev–Trinajstić information content (AvgIpc) is 3.34. The van der Waals surface area contributed by atoms with Crippen LogP contribution in [0.5, 0.6) is 0 Å². The molecule has 0 radical (unpaired) electrons. The lowest BCUT2D eigenvalue weighted by atomic mass is 9.87. The van der Waals surface area contributed by atoms with Crippen LogP contribution in [0.15, 0.2) is 127 Å². The van der Waals surface area contributed by atoms with E-state index in [0.717, 1.165) is 23.3 Å². The van der Waals surface area contributed by atoms with Crippen molar-refractivity contribution in [1.29, 1.82) is 0 Å². The summed E-state index contributed by atoms with van der Waals surface area (Å²) in [5.74, 6) is 1.08. The molecule has 176 valence electrons. The minimum atomic E-state index is 0.857. The van der Waals surface area contributed by atoms with Gasteiger partial charge in [0.25, 0.3) is 0 Å². The van der Waals surface area contributed by atoms with E-state index in [-0.39, 0.29) is 0 Å². The van der Waals surface area contributed by atoms with Crippen molar-refractivity contribution in [2.45, 2.75) is 13.3 Å². The van der Waals surface area contributed by atoms with Crippen LogP contribution in [0.4, 0.5) is 0 Å². The highest BCUT2D eigenvalue weighted by molar-refractivity contribution is 6.19. The van der Waals surface area contributed by atoms with Crippen LogP contribution in [0.25, 0.3) is 60.5 Å². The Balaban J connectivity index is 1.66. The van der Waals surface area contributed by atoms with Gasteiger partial charge in [-0.1, -0.05) is 122 Å². The first-order chi connectivity index (χ1) is 18.3. The van der Waals surface area contributed by atoms with Gasteiger partial charge in [0, 0.05) is 17.2 Å². The molecule has 0 saturated heterocycles. The molecule has 0 aliphatic heterocycles. The van der Waals surface area contributed by atoms with Gasteiger partial charge in [-0.3, -0.25) is 4.57 Å². The van der Waals surface area contributed by atoms with Crippen molar-refractivity contribution in [3.8, 4) is 27.9 Å². The van der Waals surface area contributed by atoms with Gasteiger partial charge in [-0.15, -0.1) is 0 Å². The molecular weight excluding hydrogens is 448 g/mol. The summed E-state index contributed by atoms with van der Waals surface area (Å²) in [5, 5.41) is 4.97. The molecule has 0 fully saturated rings. The van der Waals surface area contributed by atoms with E-state index in [4.69, 9.17) is 4.98 Å². The zero-order valence-corrected chi connectivity index (χ0v) is 20.7. The summed E-state index contributed by atoms with van der Waals surface area (Å²) in [5.41, 5.74) is 8.38. The van der Waals surface area contributed by atoms with Crippen LogP contribution in [0, 0.1) is 0 Å². The largest absolute Gasteiger partial charge is 0.295 e. The van der Waals surface area contributed by atoms with Crippen molar-refractivity contribution < 1.29 is 0 Å². The molecule has 1 aromatic heterocycles. The van der Waals surface area contributed by atoms with E-state index in [1.807, 2.05) is 0 Å². The molecule has 0 spiro atoms. The molecular formula is C35H26N2. The fraction of sp³-hybridized carbons (Fsp3) is 0.0571. The Hall–Kier alpha value is -4.69. The summed E-state index contributed by atoms with van der Waals surface area (Å²) >= 11 is 0. The maximum absolute atomic E-state index is 5.02. The molecule has 0 saturated carbocycles. The monoisotopic (exact) mass is 474 g/mol. The Kier molecular flexibility index (Phi) is 5.11. The summed E-state index contributed by atoms with van der Waals surface area (Å²) in [4.78, 5) is 5.02. The average molecular weight is 475 g/mol. The fourth-order valence-electron chi connectivity index (χ4n) is 5.77. The number of imidazole rings is 1. The van der Waals surface area contributed by atoms with E-state index in [0.29, 0.717) is 0 Å². The number of aryl methyl sites for hydroxylation is 1. The fourth-order valence-corrected chi connectivity index (χ4v) is 5.77. The van der Waals surface area contributed by atoms with Gasteiger partial charge < -0.3 is 0 Å². The summed E-state index contributed by atoms with van der Waals surface area (Å²) in [7, 11) is 0. The molecule has 1 heterocycles. The number of para-hydroxylation sites is 2. The lowest BCUT2D eigenvalue weighted by Gasteiger charge is -2.21. The van der Waals surface area contributed by atoms with E-state index in [1.165, 1.54) is 49.5 Å². The van der Waals surface area contributed by atoms with Gasteiger partial charge in [0.05, 0.1) is 16.7 Å². The number of benzene rings is 6. The highest BCUT2D eigenvalue weighted by Gasteiger charge is 2.21. The van der Waals surface area contributed by atoms with Crippen molar-refractivity contribution in [2.75, 3.05) is 0 Å². The summed E-state index contributed by atoms with van der Waals surface area (Å²) in [6.07, 6.45) is 0.857. The van der Waals surface area contributed by atoms with Crippen molar-refractivity contribution in [3.63, 3.8) is 0 Å². The molecule has 6 aromatic carbocycles. The van der Waals surface area contributed by atoms with Gasteiger partial charge in [0.15, 0.2) is 0 Å². The maximum atomic E-state index is 5.02. The second-order valence-electron chi connectivity index (χ2n) is 9.43. The van der Waals surface area contributed by atoms with Crippen LogP contribution < -0.4 is 0 Å². The highest BCUT2D eigenvalue weighted by Crippen LogP contribution is 2.44. The van der Waals surface area contributed by atoms with E-state index in [1.54, 1.807) is 0 Å². The number of hydrogen-bond donors (Lipinski definition) is 0. The predicted octanol–water partition coefficient (Wildman–Crippen LogP) is 9.23. The molecule has 2 heteroatoms. The van der Waals surface area contributed by atoms with E-state index >= 15 is 0 Å². The Morgan fingerprint density at radius 1 is 0.541 bits per heavy atom. The Morgan fingerprint density at radius 2 is 1.08 bits per heavy atom. The molecule has 7 aromatic rings. The minimum absolute atomic E-state index is 0.857. The van der Waals surface area contributed by atoms with Gasteiger partial charge in [0.2, 0.25) is 0 Å². The zero-order chi connectivity index (χ0) is 24.8. The Bertz CT molecular complexity index is 1850. The molecule has 0 amide bonds. The van der Waals surface area contributed by atoms with Crippen molar-refractivity contribution in [3.05, 3.63) is 133 Å². The van der Waals surface area contributed by atoms with E-state index in [2.05, 4.69) is 139 Å². The first-order valence-electron chi connectivity index (χ1n) is 12.9. The number of hydrogen-bond acceptors (Lipinski definition) is 1. The van der Waals surface area contributed by atoms with Crippen LogP contribution in [0.1, 0.15) is 12.7 Å². The Morgan fingerprint density at radius 3 is 1.76 bits per heavy atom. The van der Waals surface area contributed by atoms with Crippen LogP contribution in [-0.2, 0) is 6.42 Å². The van der Waals surface area contributed by atoms with Crippen molar-refractivity contribution in [1.82, 2.24) is 9.55 Å². The first-order valence-corrected chi connectivity index (χ1v) is 12.9. The standard InChI is InChI=1S/C35H26N2/c1-2-33-36-31-22-12-13-23-32(31)37(33)35-29-20-10-8-18-27(29)34(28-19-9-11-21-30(28)35)26-17-7-6-16-25(26)24-14-4-3-5-15-24/h3-23H,2H2,1H3. The minimum Gasteiger partial charge on any atom is -0.295 e. The number of nitrogens with zero attached hydrogens (tertiary/aromatic N) is 2. The smallest absolute Gasteiger partial charge is 0.114 e. The molecule has 2 nitrogen and oxygen atoms in total. The second kappa shape index (κ2) is 8.76. The number of rotatable bonds is 4. The van der Waals surface area contributed by atoms with Crippen molar-refractivity contribution >= 4 is 32.6 Å². The maximum Gasteiger partial charge on any atom is 0.114 e. The second-order valence-corrected chi connectivity index (χ2v) is 9.43. The lowest BCUT2D eigenvalue weighted by molar-refractivity contribution is 0.917. The zero-order valence-electron chi connectivity index (χ0n) is 20.7. The molecule has 0 unspecified atom stereocenters. The van der Waals surface area contributed by atoms with Crippen LogP contribution >= 0.6 is 0 Å². The van der Waals surface area contributed by atoms with Crippen molar-refractivity contribution in [2.24, 2.45) is 0 Å². The topological polar surface area (TPSA) is 17.8 Å². The molecule has 0 bridgehead atoms. The number of aromatic nitrogens is 2. The molecule has 0 atom stereocenters. The first kappa shape index (κ1) is 21.6. The molecule has 0 N–H and O–H groups in total.